The van der Waals surface area contributed by atoms with Gasteiger partial charge < -0.3 is 28.6 Å². The second-order valence-corrected chi connectivity index (χ2v) is 8.60. The molecule has 0 radical (unpaired) electrons. The molecule has 0 spiro atoms. The maximum atomic E-state index is 13.7. The Morgan fingerprint density at radius 2 is 1.86 bits per heavy atom. The minimum Gasteiger partial charge on any atom is -0.503 e. The molecule has 8 heteroatoms. The first-order valence-electron chi connectivity index (χ1n) is 12.1. The first kappa shape index (κ1) is 25.3. The number of ether oxygens (including phenoxy) is 3. The third-order valence-electron chi connectivity index (χ3n) is 6.25. The van der Waals surface area contributed by atoms with Crippen LogP contribution in [0, 0.1) is 0 Å². The molecule has 0 saturated carbocycles. The van der Waals surface area contributed by atoms with E-state index in [2.05, 4.69) is 6.92 Å². The lowest BCUT2D eigenvalue weighted by Gasteiger charge is -2.26. The molecule has 4 rings (SSSR count). The Labute approximate surface area is 210 Å². The predicted octanol–water partition coefficient (Wildman–Crippen LogP) is 5.24. The maximum Gasteiger partial charge on any atom is 0.290 e. The highest BCUT2D eigenvalue weighted by molar-refractivity contribution is 6.16. The number of nitrogens with zero attached hydrogens (tertiary/aromatic N) is 1. The first-order chi connectivity index (χ1) is 17.5. The number of rotatable bonds is 12. The summed E-state index contributed by atoms with van der Waals surface area (Å²) in [5, 5.41) is 11.5. The summed E-state index contributed by atoms with van der Waals surface area (Å²) < 4.78 is 22.1. The van der Waals surface area contributed by atoms with Gasteiger partial charge in [0.05, 0.1) is 31.9 Å². The van der Waals surface area contributed by atoms with Crippen molar-refractivity contribution in [2.24, 2.45) is 0 Å². The fraction of sp³-hybridized carbons (Fsp3) is 0.357. The molecule has 1 aliphatic heterocycles. The quantitative estimate of drug-likeness (QED) is 0.272. The molecule has 0 saturated heterocycles. The van der Waals surface area contributed by atoms with E-state index in [1.165, 1.54) is 19.1 Å². The van der Waals surface area contributed by atoms with Crippen LogP contribution in [-0.2, 0) is 9.53 Å². The van der Waals surface area contributed by atoms with Crippen LogP contribution in [0.25, 0.3) is 11.0 Å². The number of fused-ring (bicyclic) bond motifs is 1. The van der Waals surface area contributed by atoms with Crippen LogP contribution < -0.4 is 9.47 Å². The van der Waals surface area contributed by atoms with E-state index in [1.807, 2.05) is 12.1 Å². The van der Waals surface area contributed by atoms with E-state index in [4.69, 9.17) is 18.6 Å². The molecule has 1 N–H and O–H groups in total. The van der Waals surface area contributed by atoms with E-state index in [-0.39, 0.29) is 24.5 Å². The average molecular weight is 494 g/mol. The number of aliphatic hydroxyl groups excluding tert-OH is 1. The fourth-order valence-corrected chi connectivity index (χ4v) is 4.38. The number of methoxy groups -OCH3 is 2. The van der Waals surface area contributed by atoms with Crippen LogP contribution >= 0.6 is 0 Å². The van der Waals surface area contributed by atoms with E-state index >= 15 is 0 Å². The van der Waals surface area contributed by atoms with E-state index in [0.29, 0.717) is 34.6 Å². The number of unbranched alkanes of at least 4 members (excludes halogenated alkanes) is 2. The molecular formula is C28H31NO7. The highest BCUT2D eigenvalue weighted by Crippen LogP contribution is 2.40. The van der Waals surface area contributed by atoms with Crippen LogP contribution in [0.2, 0.25) is 0 Å². The van der Waals surface area contributed by atoms with Gasteiger partial charge in [0.15, 0.2) is 22.9 Å². The van der Waals surface area contributed by atoms with Gasteiger partial charge in [-0.2, -0.15) is 0 Å². The number of aliphatic hydroxyl groups is 1. The lowest BCUT2D eigenvalue weighted by molar-refractivity contribution is -0.130. The largest absolute Gasteiger partial charge is 0.503 e. The Hall–Kier alpha value is -3.78. The molecule has 2 heterocycles. The third-order valence-corrected chi connectivity index (χ3v) is 6.25. The monoisotopic (exact) mass is 493 g/mol. The number of Topliss-reactive ketones (excluding diaryl/α,β-unsaturated/α-hetero) is 1. The Morgan fingerprint density at radius 1 is 1.08 bits per heavy atom. The van der Waals surface area contributed by atoms with Crippen molar-refractivity contribution in [1.29, 1.82) is 0 Å². The molecule has 3 aromatic rings. The highest BCUT2D eigenvalue weighted by atomic mass is 16.5. The number of benzene rings is 2. The normalized spacial score (nSPS) is 15.7. The number of para-hydroxylation sites is 1. The van der Waals surface area contributed by atoms with Crippen molar-refractivity contribution < 1.29 is 33.3 Å². The van der Waals surface area contributed by atoms with Gasteiger partial charge in [-0.05, 0) is 36.2 Å². The van der Waals surface area contributed by atoms with Gasteiger partial charge in [0.1, 0.15) is 5.75 Å². The summed E-state index contributed by atoms with van der Waals surface area (Å²) in [5.74, 6) is -0.585. The molecule has 0 bridgehead atoms. The van der Waals surface area contributed by atoms with Gasteiger partial charge in [-0.15, -0.1) is 0 Å². The van der Waals surface area contributed by atoms with E-state index in [0.717, 1.165) is 19.3 Å². The van der Waals surface area contributed by atoms with Crippen molar-refractivity contribution in [2.45, 2.75) is 32.2 Å². The average Bonchev–Trinajstić information content (AvgIpc) is 3.44. The van der Waals surface area contributed by atoms with E-state index in [1.54, 1.807) is 36.4 Å². The Balaban J connectivity index is 1.68. The van der Waals surface area contributed by atoms with Crippen LogP contribution in [0.1, 0.15) is 48.3 Å². The molecule has 1 amide bonds. The van der Waals surface area contributed by atoms with Gasteiger partial charge in [0.2, 0.25) is 5.78 Å². The number of amides is 1. The van der Waals surface area contributed by atoms with Crippen molar-refractivity contribution in [3.8, 4) is 11.5 Å². The topological polar surface area (TPSA) is 98.4 Å². The van der Waals surface area contributed by atoms with Crippen molar-refractivity contribution in [1.82, 2.24) is 4.90 Å². The number of hydrogen-bond donors (Lipinski definition) is 1. The predicted molar refractivity (Wildman–Crippen MR) is 135 cm³/mol. The van der Waals surface area contributed by atoms with Crippen molar-refractivity contribution >= 4 is 22.7 Å². The summed E-state index contributed by atoms with van der Waals surface area (Å²) in [5.41, 5.74) is 1.05. The summed E-state index contributed by atoms with van der Waals surface area (Å²) in [4.78, 5) is 28.1. The van der Waals surface area contributed by atoms with Gasteiger partial charge in [-0.1, -0.05) is 44.0 Å². The lowest BCUT2D eigenvalue weighted by Crippen LogP contribution is -2.34. The molecular weight excluding hydrogens is 462 g/mol. The molecule has 1 aromatic heterocycles. The summed E-state index contributed by atoms with van der Waals surface area (Å²) in [6, 6.07) is 13.3. The van der Waals surface area contributed by atoms with Crippen molar-refractivity contribution in [3.63, 3.8) is 0 Å². The molecule has 1 aliphatic rings. The molecule has 36 heavy (non-hydrogen) atoms. The number of hydrogen-bond acceptors (Lipinski definition) is 7. The molecule has 190 valence electrons. The fourth-order valence-electron chi connectivity index (χ4n) is 4.38. The van der Waals surface area contributed by atoms with Crippen LogP contribution in [0.5, 0.6) is 11.5 Å². The molecule has 0 aliphatic carbocycles. The number of furan rings is 1. The lowest BCUT2D eigenvalue weighted by atomic mass is 9.95. The second-order valence-electron chi connectivity index (χ2n) is 8.60. The molecule has 1 unspecified atom stereocenters. The van der Waals surface area contributed by atoms with Gasteiger partial charge in [-0.25, -0.2) is 0 Å². The zero-order valence-corrected chi connectivity index (χ0v) is 20.8. The van der Waals surface area contributed by atoms with Gasteiger partial charge in [0.25, 0.3) is 5.91 Å². The zero-order chi connectivity index (χ0) is 25.7. The van der Waals surface area contributed by atoms with Gasteiger partial charge in [-0.3, -0.25) is 9.59 Å². The summed E-state index contributed by atoms with van der Waals surface area (Å²) >= 11 is 0. The van der Waals surface area contributed by atoms with E-state index in [9.17, 15) is 14.7 Å². The number of carbonyl (C=O) groups excluding carboxylic acids is 2. The van der Waals surface area contributed by atoms with Crippen LogP contribution in [0.3, 0.4) is 0 Å². The van der Waals surface area contributed by atoms with Crippen molar-refractivity contribution in [3.05, 3.63) is 71.2 Å². The smallest absolute Gasteiger partial charge is 0.290 e. The second kappa shape index (κ2) is 11.3. The van der Waals surface area contributed by atoms with Crippen LogP contribution in [0.4, 0.5) is 0 Å². The summed E-state index contributed by atoms with van der Waals surface area (Å²) in [6.07, 6.45) is 3.18. The van der Waals surface area contributed by atoms with Gasteiger partial charge in [0, 0.05) is 19.0 Å². The standard InChI is InChI=1S/C28H31NO7/c1-4-5-6-15-35-20-12-10-18(11-13-20)24-23(26(31)28(32)29(24)14-16-33-2)25(30)22-17-19-8-7-9-21(34-3)27(19)36-22/h7-13,17,24,31H,4-6,14-16H2,1-3H3. The molecule has 1 atom stereocenters. The van der Waals surface area contributed by atoms with Crippen LogP contribution in [-0.4, -0.2) is 55.7 Å². The van der Waals surface area contributed by atoms with Gasteiger partial charge >= 0.3 is 0 Å². The Bertz CT molecular complexity index is 1260. The Morgan fingerprint density at radius 3 is 2.56 bits per heavy atom. The Kier molecular flexibility index (Phi) is 7.95. The first-order valence-corrected chi connectivity index (χ1v) is 12.1. The minimum atomic E-state index is -0.801. The molecule has 2 aromatic carbocycles. The minimum absolute atomic E-state index is 0.0123. The molecule has 8 nitrogen and oxygen atoms in total. The number of ketones is 1. The van der Waals surface area contributed by atoms with Crippen molar-refractivity contribution in [2.75, 3.05) is 34.0 Å². The zero-order valence-electron chi connectivity index (χ0n) is 20.8. The molecule has 0 fully saturated rings. The number of carbonyl (C=O) groups is 2. The van der Waals surface area contributed by atoms with Crippen LogP contribution in [0.15, 0.2) is 64.3 Å². The SMILES string of the molecule is CCCCCOc1ccc(C2C(C(=O)c3cc4cccc(OC)c4o3)=C(O)C(=O)N2CCOC)cc1. The summed E-state index contributed by atoms with van der Waals surface area (Å²) in [7, 11) is 3.05. The van der Waals surface area contributed by atoms with E-state index < -0.39 is 23.5 Å². The highest BCUT2D eigenvalue weighted by Gasteiger charge is 2.44. The maximum absolute atomic E-state index is 13.7. The summed E-state index contributed by atoms with van der Waals surface area (Å²) in [6.45, 7) is 3.20. The third kappa shape index (κ3) is 4.95.